The molecule has 1 aliphatic carbocycles. The van der Waals surface area contributed by atoms with E-state index in [2.05, 4.69) is 19.6 Å². The molecule has 0 bridgehead atoms. The summed E-state index contributed by atoms with van der Waals surface area (Å²) in [4.78, 5) is 0. The second-order valence-electron chi connectivity index (χ2n) is 3.59. The molecule has 1 aromatic rings. The predicted octanol–water partition coefficient (Wildman–Crippen LogP) is 3.28. The third-order valence-electron chi connectivity index (χ3n) is 2.65. The fraction of sp³-hybridized carbons (Fsp3) is 0.455. The molecule has 0 spiro atoms. The largest absolute Gasteiger partial charge is 0.469 e. The van der Waals surface area contributed by atoms with Gasteiger partial charge in [-0.25, -0.2) is 0 Å². The molecule has 1 nitrogen and oxygen atoms in total. The highest BCUT2D eigenvalue weighted by Gasteiger charge is 2.22. The van der Waals surface area contributed by atoms with E-state index >= 15 is 0 Å². The van der Waals surface area contributed by atoms with Crippen molar-refractivity contribution in [2.24, 2.45) is 0 Å². The van der Waals surface area contributed by atoms with Crippen LogP contribution in [-0.4, -0.2) is 0 Å². The SMILES string of the molecule is C=C(C)C1CCCc2occc21. The number of aryl methyl sites for hydroxylation is 1. The van der Waals surface area contributed by atoms with Gasteiger partial charge in [0.05, 0.1) is 6.26 Å². The van der Waals surface area contributed by atoms with Crippen LogP contribution in [0.5, 0.6) is 0 Å². The summed E-state index contributed by atoms with van der Waals surface area (Å²) in [6.45, 7) is 6.12. The molecule has 1 heteroatoms. The Kier molecular flexibility index (Phi) is 1.80. The monoisotopic (exact) mass is 162 g/mol. The van der Waals surface area contributed by atoms with Gasteiger partial charge in [-0.05, 0) is 25.8 Å². The summed E-state index contributed by atoms with van der Waals surface area (Å²) in [5, 5.41) is 0. The topological polar surface area (TPSA) is 13.1 Å². The minimum atomic E-state index is 0.549. The average molecular weight is 162 g/mol. The number of hydrogen-bond acceptors (Lipinski definition) is 1. The van der Waals surface area contributed by atoms with Crippen LogP contribution in [0.15, 0.2) is 28.9 Å². The van der Waals surface area contributed by atoms with Crippen molar-refractivity contribution in [1.29, 1.82) is 0 Å². The van der Waals surface area contributed by atoms with Crippen molar-refractivity contribution in [2.45, 2.75) is 32.1 Å². The molecule has 1 atom stereocenters. The van der Waals surface area contributed by atoms with Crippen LogP contribution in [-0.2, 0) is 6.42 Å². The zero-order chi connectivity index (χ0) is 8.55. The van der Waals surface area contributed by atoms with Gasteiger partial charge >= 0.3 is 0 Å². The molecule has 1 aliphatic rings. The number of fused-ring (bicyclic) bond motifs is 1. The minimum Gasteiger partial charge on any atom is -0.469 e. The Morgan fingerprint density at radius 2 is 2.50 bits per heavy atom. The highest BCUT2D eigenvalue weighted by Crippen LogP contribution is 2.36. The van der Waals surface area contributed by atoms with Gasteiger partial charge in [0.2, 0.25) is 0 Å². The molecule has 0 saturated carbocycles. The van der Waals surface area contributed by atoms with Crippen LogP contribution in [0.2, 0.25) is 0 Å². The zero-order valence-electron chi connectivity index (χ0n) is 7.47. The van der Waals surface area contributed by atoms with Crippen LogP contribution in [0, 0.1) is 0 Å². The molecule has 1 heterocycles. The highest BCUT2D eigenvalue weighted by molar-refractivity contribution is 5.31. The summed E-state index contributed by atoms with van der Waals surface area (Å²) in [5.74, 6) is 1.72. The zero-order valence-corrected chi connectivity index (χ0v) is 7.47. The fourth-order valence-corrected chi connectivity index (χ4v) is 2.00. The molecule has 0 saturated heterocycles. The Hall–Kier alpha value is -0.980. The summed E-state index contributed by atoms with van der Waals surface area (Å²) in [5.41, 5.74) is 2.63. The molecule has 1 aromatic heterocycles. The first kappa shape index (κ1) is 7.66. The van der Waals surface area contributed by atoms with Crippen molar-refractivity contribution in [2.75, 3.05) is 0 Å². The van der Waals surface area contributed by atoms with Crippen molar-refractivity contribution in [3.05, 3.63) is 35.8 Å². The van der Waals surface area contributed by atoms with Crippen LogP contribution in [0.25, 0.3) is 0 Å². The molecule has 0 N–H and O–H groups in total. The Morgan fingerprint density at radius 1 is 1.67 bits per heavy atom. The van der Waals surface area contributed by atoms with Crippen LogP contribution in [0.3, 0.4) is 0 Å². The van der Waals surface area contributed by atoms with E-state index in [4.69, 9.17) is 4.42 Å². The van der Waals surface area contributed by atoms with E-state index in [1.54, 1.807) is 6.26 Å². The van der Waals surface area contributed by atoms with Crippen LogP contribution in [0.4, 0.5) is 0 Å². The summed E-state index contributed by atoms with van der Waals surface area (Å²) < 4.78 is 5.40. The van der Waals surface area contributed by atoms with Crippen molar-refractivity contribution < 1.29 is 4.42 Å². The Bertz CT molecular complexity index is 296. The first-order chi connectivity index (χ1) is 5.79. The highest BCUT2D eigenvalue weighted by atomic mass is 16.3. The average Bonchev–Trinajstić information content (AvgIpc) is 2.49. The van der Waals surface area contributed by atoms with Crippen molar-refractivity contribution >= 4 is 0 Å². The summed E-state index contributed by atoms with van der Waals surface area (Å²) >= 11 is 0. The van der Waals surface area contributed by atoms with Crippen LogP contribution in [0.1, 0.15) is 37.0 Å². The van der Waals surface area contributed by atoms with Gasteiger partial charge in [0.1, 0.15) is 5.76 Å². The third kappa shape index (κ3) is 1.09. The van der Waals surface area contributed by atoms with Crippen molar-refractivity contribution in [3.63, 3.8) is 0 Å². The van der Waals surface area contributed by atoms with E-state index in [1.807, 2.05) is 0 Å². The van der Waals surface area contributed by atoms with Crippen molar-refractivity contribution in [3.8, 4) is 0 Å². The molecule has 64 valence electrons. The molecule has 12 heavy (non-hydrogen) atoms. The summed E-state index contributed by atoms with van der Waals surface area (Å²) in [6.07, 6.45) is 5.37. The van der Waals surface area contributed by atoms with E-state index in [-0.39, 0.29) is 0 Å². The lowest BCUT2D eigenvalue weighted by Gasteiger charge is -2.21. The maximum atomic E-state index is 5.40. The maximum Gasteiger partial charge on any atom is 0.107 e. The summed E-state index contributed by atoms with van der Waals surface area (Å²) in [6, 6.07) is 2.09. The van der Waals surface area contributed by atoms with Crippen molar-refractivity contribution in [1.82, 2.24) is 0 Å². The maximum absolute atomic E-state index is 5.40. The molecule has 0 amide bonds. The first-order valence-electron chi connectivity index (χ1n) is 4.50. The molecule has 0 fully saturated rings. The van der Waals surface area contributed by atoms with Crippen LogP contribution < -0.4 is 0 Å². The fourth-order valence-electron chi connectivity index (χ4n) is 2.00. The lowest BCUT2D eigenvalue weighted by atomic mass is 9.83. The Morgan fingerprint density at radius 3 is 3.25 bits per heavy atom. The third-order valence-corrected chi connectivity index (χ3v) is 2.65. The van der Waals surface area contributed by atoms with E-state index < -0.39 is 0 Å². The molecule has 1 unspecified atom stereocenters. The molecule has 0 aliphatic heterocycles. The van der Waals surface area contributed by atoms with Gasteiger partial charge in [-0.1, -0.05) is 12.2 Å². The number of hydrogen-bond donors (Lipinski definition) is 0. The van der Waals surface area contributed by atoms with Crippen LogP contribution >= 0.6 is 0 Å². The van der Waals surface area contributed by atoms with E-state index in [0.717, 1.165) is 6.42 Å². The molecular weight excluding hydrogens is 148 g/mol. The second-order valence-corrected chi connectivity index (χ2v) is 3.59. The van der Waals surface area contributed by atoms with Gasteiger partial charge in [-0.2, -0.15) is 0 Å². The Balaban J connectivity index is 2.37. The molecular formula is C11H14O. The lowest BCUT2D eigenvalue weighted by molar-refractivity contribution is 0.463. The van der Waals surface area contributed by atoms with E-state index in [9.17, 15) is 0 Å². The van der Waals surface area contributed by atoms with Gasteiger partial charge in [0.15, 0.2) is 0 Å². The normalized spacial score (nSPS) is 21.9. The summed E-state index contributed by atoms with van der Waals surface area (Å²) in [7, 11) is 0. The molecule has 2 rings (SSSR count). The lowest BCUT2D eigenvalue weighted by Crippen LogP contribution is -2.07. The van der Waals surface area contributed by atoms with Gasteiger partial charge in [-0.15, -0.1) is 0 Å². The first-order valence-corrected chi connectivity index (χ1v) is 4.50. The quantitative estimate of drug-likeness (QED) is 0.577. The van der Waals surface area contributed by atoms with Gasteiger partial charge in [-0.3, -0.25) is 0 Å². The van der Waals surface area contributed by atoms with Gasteiger partial charge in [0, 0.05) is 17.9 Å². The molecule has 0 aromatic carbocycles. The van der Waals surface area contributed by atoms with E-state index in [1.165, 1.54) is 29.7 Å². The number of rotatable bonds is 1. The Labute approximate surface area is 73.1 Å². The van der Waals surface area contributed by atoms with Gasteiger partial charge < -0.3 is 4.42 Å². The minimum absolute atomic E-state index is 0.549. The smallest absolute Gasteiger partial charge is 0.107 e. The molecule has 0 radical (unpaired) electrons. The number of allylic oxidation sites excluding steroid dienone is 1. The number of furan rings is 1. The van der Waals surface area contributed by atoms with Gasteiger partial charge in [0.25, 0.3) is 0 Å². The standard InChI is InChI=1S/C11H14O/c1-8(2)9-4-3-5-11-10(9)6-7-12-11/h6-7,9H,1,3-5H2,2H3. The second kappa shape index (κ2) is 2.81. The predicted molar refractivity (Wildman–Crippen MR) is 49.2 cm³/mol. The van der Waals surface area contributed by atoms with E-state index in [0.29, 0.717) is 5.92 Å².